The molecule has 3 N–H and O–H groups in total. The molecule has 3 nitrogen and oxygen atoms in total. The number of nitrogen functional groups attached to an aromatic ring is 1. The van der Waals surface area contributed by atoms with Crippen LogP contribution in [-0.2, 0) is 0 Å². The molecular formula is C13H10ClFN2O. The summed E-state index contributed by atoms with van der Waals surface area (Å²) in [5.41, 5.74) is 6.29. The van der Waals surface area contributed by atoms with E-state index < -0.39 is 11.7 Å². The fraction of sp³-hybridized carbons (Fsp3) is 0. The van der Waals surface area contributed by atoms with E-state index in [1.54, 1.807) is 24.3 Å². The van der Waals surface area contributed by atoms with Crippen LogP contribution in [0.2, 0.25) is 5.02 Å². The number of anilines is 2. The van der Waals surface area contributed by atoms with Crippen LogP contribution in [-0.4, -0.2) is 5.91 Å². The molecule has 0 radical (unpaired) electrons. The maximum Gasteiger partial charge on any atom is 0.258 e. The van der Waals surface area contributed by atoms with Crippen molar-refractivity contribution in [2.24, 2.45) is 0 Å². The Morgan fingerprint density at radius 2 is 1.83 bits per heavy atom. The van der Waals surface area contributed by atoms with Crippen molar-refractivity contribution in [3.05, 3.63) is 58.9 Å². The zero-order chi connectivity index (χ0) is 13.1. The van der Waals surface area contributed by atoms with Gasteiger partial charge < -0.3 is 11.1 Å². The molecule has 92 valence electrons. The summed E-state index contributed by atoms with van der Waals surface area (Å²) in [6.07, 6.45) is 0. The topological polar surface area (TPSA) is 55.1 Å². The average Bonchev–Trinajstić information content (AvgIpc) is 2.35. The first kappa shape index (κ1) is 12.4. The Balaban J connectivity index is 2.21. The SMILES string of the molecule is Nc1ccc(F)c(C(=O)Nc2ccc(Cl)cc2)c1. The molecule has 0 saturated carbocycles. The lowest BCUT2D eigenvalue weighted by Gasteiger charge is -2.06. The fourth-order valence-corrected chi connectivity index (χ4v) is 1.57. The van der Waals surface area contributed by atoms with E-state index in [0.717, 1.165) is 6.07 Å². The highest BCUT2D eigenvalue weighted by atomic mass is 35.5. The van der Waals surface area contributed by atoms with Gasteiger partial charge in [-0.25, -0.2) is 4.39 Å². The predicted octanol–water partition coefficient (Wildman–Crippen LogP) is 3.31. The average molecular weight is 265 g/mol. The van der Waals surface area contributed by atoms with Crippen LogP contribution in [0.25, 0.3) is 0 Å². The molecule has 5 heteroatoms. The monoisotopic (exact) mass is 264 g/mol. The van der Waals surface area contributed by atoms with Gasteiger partial charge >= 0.3 is 0 Å². The van der Waals surface area contributed by atoms with E-state index in [9.17, 15) is 9.18 Å². The number of benzene rings is 2. The van der Waals surface area contributed by atoms with E-state index in [1.807, 2.05) is 0 Å². The van der Waals surface area contributed by atoms with Gasteiger partial charge in [-0.3, -0.25) is 4.79 Å². The van der Waals surface area contributed by atoms with E-state index in [2.05, 4.69) is 5.32 Å². The van der Waals surface area contributed by atoms with E-state index >= 15 is 0 Å². The van der Waals surface area contributed by atoms with Crippen LogP contribution < -0.4 is 11.1 Å². The number of carbonyl (C=O) groups excluding carboxylic acids is 1. The highest BCUT2D eigenvalue weighted by Crippen LogP contribution is 2.17. The smallest absolute Gasteiger partial charge is 0.258 e. The van der Waals surface area contributed by atoms with Crippen molar-refractivity contribution in [2.75, 3.05) is 11.1 Å². The van der Waals surface area contributed by atoms with Crippen molar-refractivity contribution in [3.8, 4) is 0 Å². The lowest BCUT2D eigenvalue weighted by atomic mass is 10.1. The first-order valence-electron chi connectivity index (χ1n) is 5.18. The third kappa shape index (κ3) is 2.78. The molecule has 0 heterocycles. The van der Waals surface area contributed by atoms with Crippen molar-refractivity contribution in [1.82, 2.24) is 0 Å². The van der Waals surface area contributed by atoms with Crippen molar-refractivity contribution in [3.63, 3.8) is 0 Å². The number of halogens is 2. The molecule has 0 aliphatic carbocycles. The molecule has 0 aliphatic rings. The minimum absolute atomic E-state index is 0.0926. The molecule has 0 spiro atoms. The lowest BCUT2D eigenvalue weighted by Crippen LogP contribution is -2.14. The highest BCUT2D eigenvalue weighted by molar-refractivity contribution is 6.30. The Morgan fingerprint density at radius 1 is 1.17 bits per heavy atom. The van der Waals surface area contributed by atoms with Crippen molar-refractivity contribution < 1.29 is 9.18 Å². The molecule has 0 saturated heterocycles. The molecule has 2 rings (SSSR count). The summed E-state index contributed by atoms with van der Waals surface area (Å²) >= 11 is 5.72. The van der Waals surface area contributed by atoms with Gasteiger partial charge in [-0.15, -0.1) is 0 Å². The van der Waals surface area contributed by atoms with Gasteiger partial charge in [-0.05, 0) is 42.5 Å². The van der Waals surface area contributed by atoms with Gasteiger partial charge in [-0.1, -0.05) is 11.6 Å². The number of hydrogen-bond acceptors (Lipinski definition) is 2. The number of nitrogens with one attached hydrogen (secondary N) is 1. The zero-order valence-corrected chi connectivity index (χ0v) is 10.0. The van der Waals surface area contributed by atoms with Crippen LogP contribution >= 0.6 is 11.6 Å². The van der Waals surface area contributed by atoms with Gasteiger partial charge in [0, 0.05) is 16.4 Å². The molecule has 0 atom stereocenters. The second-order valence-corrected chi connectivity index (χ2v) is 4.14. The summed E-state index contributed by atoms with van der Waals surface area (Å²) in [4.78, 5) is 11.8. The predicted molar refractivity (Wildman–Crippen MR) is 70.2 cm³/mol. The number of hydrogen-bond donors (Lipinski definition) is 2. The second-order valence-electron chi connectivity index (χ2n) is 3.70. The molecule has 0 fully saturated rings. The van der Waals surface area contributed by atoms with Crippen LogP contribution in [0.5, 0.6) is 0 Å². The third-order valence-electron chi connectivity index (χ3n) is 2.34. The first-order valence-corrected chi connectivity index (χ1v) is 5.56. The highest BCUT2D eigenvalue weighted by Gasteiger charge is 2.12. The first-order chi connectivity index (χ1) is 8.56. The minimum Gasteiger partial charge on any atom is -0.399 e. The second kappa shape index (κ2) is 5.06. The van der Waals surface area contributed by atoms with Crippen molar-refractivity contribution in [2.45, 2.75) is 0 Å². The summed E-state index contributed by atoms with van der Waals surface area (Å²) in [7, 11) is 0. The normalized spacial score (nSPS) is 10.1. The van der Waals surface area contributed by atoms with E-state index in [0.29, 0.717) is 16.4 Å². The van der Waals surface area contributed by atoms with Gasteiger partial charge in [0.15, 0.2) is 0 Å². The summed E-state index contributed by atoms with van der Waals surface area (Å²) in [5, 5.41) is 3.12. The van der Waals surface area contributed by atoms with E-state index in [4.69, 9.17) is 17.3 Å². The summed E-state index contributed by atoms with van der Waals surface area (Å²) < 4.78 is 13.4. The molecule has 1 amide bonds. The van der Waals surface area contributed by atoms with Gasteiger partial charge in [0.1, 0.15) is 5.82 Å². The van der Waals surface area contributed by atoms with Gasteiger partial charge in [-0.2, -0.15) is 0 Å². The maximum atomic E-state index is 13.4. The van der Waals surface area contributed by atoms with Crippen LogP contribution in [0.3, 0.4) is 0 Å². The largest absolute Gasteiger partial charge is 0.399 e. The molecule has 0 aromatic heterocycles. The van der Waals surface area contributed by atoms with Crippen molar-refractivity contribution in [1.29, 1.82) is 0 Å². The summed E-state index contributed by atoms with van der Waals surface area (Å²) in [6, 6.07) is 10.4. The molecule has 0 bridgehead atoms. The van der Waals surface area contributed by atoms with Gasteiger partial charge in [0.05, 0.1) is 5.56 Å². The Hall–Kier alpha value is -2.07. The molecule has 18 heavy (non-hydrogen) atoms. The van der Waals surface area contributed by atoms with Crippen LogP contribution in [0, 0.1) is 5.82 Å². The van der Waals surface area contributed by atoms with Crippen LogP contribution in [0.4, 0.5) is 15.8 Å². The Bertz CT molecular complexity index is 584. The Morgan fingerprint density at radius 3 is 2.50 bits per heavy atom. The maximum absolute atomic E-state index is 13.4. The lowest BCUT2D eigenvalue weighted by molar-refractivity contribution is 0.102. The minimum atomic E-state index is -0.615. The van der Waals surface area contributed by atoms with Crippen LogP contribution in [0.1, 0.15) is 10.4 Å². The standard InChI is InChI=1S/C13H10ClFN2O/c14-8-1-4-10(5-2-8)17-13(18)11-7-9(16)3-6-12(11)15/h1-7H,16H2,(H,17,18). The van der Waals surface area contributed by atoms with E-state index in [-0.39, 0.29) is 5.56 Å². The van der Waals surface area contributed by atoms with Crippen LogP contribution in [0.15, 0.2) is 42.5 Å². The fourth-order valence-electron chi connectivity index (χ4n) is 1.45. The molecule has 0 unspecified atom stereocenters. The third-order valence-corrected chi connectivity index (χ3v) is 2.59. The molecule has 2 aromatic rings. The van der Waals surface area contributed by atoms with Gasteiger partial charge in [0.2, 0.25) is 0 Å². The molecule has 2 aromatic carbocycles. The van der Waals surface area contributed by atoms with Crippen molar-refractivity contribution >= 4 is 28.9 Å². The summed E-state index contributed by atoms with van der Waals surface area (Å²) in [5.74, 6) is -1.17. The summed E-state index contributed by atoms with van der Waals surface area (Å²) in [6.45, 7) is 0. The Kier molecular flexibility index (Phi) is 3.48. The van der Waals surface area contributed by atoms with E-state index in [1.165, 1.54) is 12.1 Å². The Labute approximate surface area is 108 Å². The number of amides is 1. The quantitative estimate of drug-likeness (QED) is 0.818. The molecular weight excluding hydrogens is 255 g/mol. The van der Waals surface area contributed by atoms with Gasteiger partial charge in [0.25, 0.3) is 5.91 Å². The molecule has 0 aliphatic heterocycles. The number of nitrogens with two attached hydrogens (primary N) is 1. The number of rotatable bonds is 2. The number of carbonyl (C=O) groups is 1. The zero-order valence-electron chi connectivity index (χ0n) is 9.28.